The van der Waals surface area contributed by atoms with Crippen molar-refractivity contribution in [3.63, 3.8) is 0 Å². The minimum Gasteiger partial charge on any atom is -0.505 e. The van der Waals surface area contributed by atoms with Gasteiger partial charge in [-0.1, -0.05) is 0 Å². The Balaban J connectivity index is 1.62. The summed E-state index contributed by atoms with van der Waals surface area (Å²) in [6, 6.07) is 4.35. The second kappa shape index (κ2) is 7.24. The van der Waals surface area contributed by atoms with Gasteiger partial charge in [0.1, 0.15) is 0 Å². The zero-order valence-electron chi connectivity index (χ0n) is 18.5. The number of hydrogen-bond acceptors (Lipinski definition) is 6. The molecule has 3 aromatic heterocycles. The van der Waals surface area contributed by atoms with Gasteiger partial charge in [-0.05, 0) is 12.1 Å². The van der Waals surface area contributed by atoms with Crippen LogP contribution in [-0.4, -0.2) is 69.2 Å². The molecule has 2 aliphatic rings. The second-order valence-electron chi connectivity index (χ2n) is 8.98. The van der Waals surface area contributed by atoms with Crippen LogP contribution in [0.2, 0.25) is 0 Å². The molecule has 35 heavy (non-hydrogen) atoms. The lowest BCUT2D eigenvalue weighted by Crippen LogP contribution is -2.38. The van der Waals surface area contributed by atoms with Crippen LogP contribution in [0.1, 0.15) is 20.7 Å². The van der Waals surface area contributed by atoms with E-state index >= 15 is 0 Å². The van der Waals surface area contributed by atoms with E-state index in [9.17, 15) is 19.1 Å². The molecule has 2 aliphatic heterocycles. The Labute approximate surface area is 197 Å². The average Bonchev–Trinajstić information content (AvgIpc) is 3.48. The summed E-state index contributed by atoms with van der Waals surface area (Å²) in [6.45, 7) is 4.42. The van der Waals surface area contributed by atoms with Crippen molar-refractivity contribution in [2.75, 3.05) is 32.8 Å². The summed E-state index contributed by atoms with van der Waals surface area (Å²) in [5.41, 5.74) is 3.18. The van der Waals surface area contributed by atoms with Gasteiger partial charge in [-0.3, -0.25) is 24.8 Å². The standard InChI is InChI=1S/C25H20FN5O4/c26-14-9-13-15(10-17(14)32)28-22-18(13)20-21(25(34)29-24(20)33)19-12-1-2-27-11-16(12)31(23(19)22)4-3-30-5-7-35-8-6-30/h1-2,9-11,28,32H,3-8H2,(H,29,33,34). The summed E-state index contributed by atoms with van der Waals surface area (Å²) >= 11 is 0. The summed E-state index contributed by atoms with van der Waals surface area (Å²) in [5, 5.41) is 14.8. The quantitative estimate of drug-likeness (QED) is 0.348. The van der Waals surface area contributed by atoms with Gasteiger partial charge >= 0.3 is 0 Å². The summed E-state index contributed by atoms with van der Waals surface area (Å²) in [5.74, 6) is -2.28. The first-order chi connectivity index (χ1) is 17.0. The molecule has 10 heteroatoms. The fraction of sp³-hybridized carbons (Fsp3) is 0.240. The predicted octanol–water partition coefficient (Wildman–Crippen LogP) is 2.88. The molecular formula is C25H20FN5O4. The van der Waals surface area contributed by atoms with Gasteiger partial charge in [-0.25, -0.2) is 4.39 Å². The van der Waals surface area contributed by atoms with Gasteiger partial charge in [0, 0.05) is 60.0 Å². The molecule has 1 fully saturated rings. The molecule has 5 aromatic rings. The average molecular weight is 473 g/mol. The van der Waals surface area contributed by atoms with E-state index in [1.165, 1.54) is 12.1 Å². The highest BCUT2D eigenvalue weighted by Crippen LogP contribution is 2.44. The first-order valence-electron chi connectivity index (χ1n) is 11.4. The van der Waals surface area contributed by atoms with Crippen LogP contribution in [0.3, 0.4) is 0 Å². The number of phenols is 1. The van der Waals surface area contributed by atoms with Crippen LogP contribution >= 0.6 is 0 Å². The van der Waals surface area contributed by atoms with E-state index in [-0.39, 0.29) is 11.1 Å². The number of pyridine rings is 1. The van der Waals surface area contributed by atoms with Crippen LogP contribution < -0.4 is 5.32 Å². The van der Waals surface area contributed by atoms with E-state index in [2.05, 4.69) is 24.8 Å². The molecule has 0 aliphatic carbocycles. The number of fused-ring (bicyclic) bond motifs is 10. The number of morpholine rings is 1. The number of aromatic nitrogens is 3. The lowest BCUT2D eigenvalue weighted by atomic mass is 9.97. The van der Waals surface area contributed by atoms with Crippen LogP contribution in [0, 0.1) is 5.82 Å². The van der Waals surface area contributed by atoms with Crippen molar-refractivity contribution in [1.29, 1.82) is 0 Å². The third kappa shape index (κ3) is 2.77. The maximum Gasteiger partial charge on any atom is 0.259 e. The molecule has 7 rings (SSSR count). The number of rotatable bonds is 3. The minimum absolute atomic E-state index is 0.220. The van der Waals surface area contributed by atoms with Gasteiger partial charge in [0.05, 0.1) is 52.6 Å². The monoisotopic (exact) mass is 473 g/mol. The number of aromatic amines is 1. The number of halogens is 1. The normalized spacial score (nSPS) is 16.7. The number of amides is 2. The summed E-state index contributed by atoms with van der Waals surface area (Å²) < 4.78 is 22.0. The molecule has 0 unspecified atom stereocenters. The van der Waals surface area contributed by atoms with Gasteiger partial charge in [0.2, 0.25) is 0 Å². The summed E-state index contributed by atoms with van der Waals surface area (Å²) in [6.07, 6.45) is 3.42. The highest BCUT2D eigenvalue weighted by atomic mass is 19.1. The highest BCUT2D eigenvalue weighted by Gasteiger charge is 2.36. The van der Waals surface area contributed by atoms with Gasteiger partial charge < -0.3 is 19.4 Å². The SMILES string of the molecule is O=C1NC(=O)c2c1c1c3cc(F)c(O)cc3[nH]c1c1c2c2ccncc2n1CCN1CCOCC1. The van der Waals surface area contributed by atoms with Crippen LogP contribution in [0.5, 0.6) is 5.75 Å². The number of benzene rings is 2. The van der Waals surface area contributed by atoms with E-state index < -0.39 is 23.4 Å². The van der Waals surface area contributed by atoms with Crippen molar-refractivity contribution in [3.05, 3.63) is 47.5 Å². The first kappa shape index (κ1) is 20.4. The molecule has 5 heterocycles. The predicted molar refractivity (Wildman–Crippen MR) is 127 cm³/mol. The minimum atomic E-state index is -0.797. The Kier molecular flexibility index (Phi) is 4.21. The Bertz CT molecular complexity index is 1730. The number of phenolic OH excluding ortho intramolecular Hbond substituents is 1. The summed E-state index contributed by atoms with van der Waals surface area (Å²) in [7, 11) is 0. The first-order valence-corrected chi connectivity index (χ1v) is 11.4. The molecule has 2 aromatic carbocycles. The van der Waals surface area contributed by atoms with Crippen molar-refractivity contribution in [3.8, 4) is 5.75 Å². The third-order valence-electron chi connectivity index (χ3n) is 7.14. The zero-order chi connectivity index (χ0) is 23.8. The molecule has 2 amide bonds. The third-order valence-corrected chi connectivity index (χ3v) is 7.14. The molecule has 3 N–H and O–H groups in total. The molecule has 0 saturated carbocycles. The number of ether oxygens (including phenoxy) is 1. The van der Waals surface area contributed by atoms with E-state index in [1.807, 2.05) is 6.07 Å². The maximum atomic E-state index is 14.4. The van der Waals surface area contributed by atoms with Crippen molar-refractivity contribution in [2.24, 2.45) is 0 Å². The fourth-order valence-corrected chi connectivity index (χ4v) is 5.58. The van der Waals surface area contributed by atoms with Crippen LogP contribution in [0.4, 0.5) is 4.39 Å². The van der Waals surface area contributed by atoms with E-state index in [1.54, 1.807) is 12.4 Å². The lowest BCUT2D eigenvalue weighted by molar-refractivity contribution is 0.0366. The molecule has 0 atom stereocenters. The van der Waals surface area contributed by atoms with Gasteiger partial charge in [-0.15, -0.1) is 0 Å². The molecule has 0 spiro atoms. The number of imide groups is 1. The Morgan fingerprint density at radius 2 is 1.83 bits per heavy atom. The van der Waals surface area contributed by atoms with Crippen molar-refractivity contribution >= 4 is 55.4 Å². The number of carbonyl (C=O) groups is 2. The molecule has 176 valence electrons. The van der Waals surface area contributed by atoms with Gasteiger partial charge in [0.15, 0.2) is 11.6 Å². The molecular weight excluding hydrogens is 453 g/mol. The number of nitrogens with one attached hydrogen (secondary N) is 2. The fourth-order valence-electron chi connectivity index (χ4n) is 5.58. The smallest absolute Gasteiger partial charge is 0.259 e. The topological polar surface area (TPSA) is 112 Å². The Morgan fingerprint density at radius 1 is 1.06 bits per heavy atom. The van der Waals surface area contributed by atoms with Crippen LogP contribution in [0.15, 0.2) is 30.6 Å². The number of carbonyl (C=O) groups excluding carboxylic acids is 2. The maximum absolute atomic E-state index is 14.4. The number of H-pyrrole nitrogens is 1. The van der Waals surface area contributed by atoms with E-state index in [4.69, 9.17) is 4.74 Å². The molecule has 0 bridgehead atoms. The molecule has 1 saturated heterocycles. The highest BCUT2D eigenvalue weighted by molar-refractivity contribution is 6.39. The van der Waals surface area contributed by atoms with Gasteiger partial charge in [-0.2, -0.15) is 0 Å². The van der Waals surface area contributed by atoms with Crippen molar-refractivity contribution < 1.29 is 23.8 Å². The number of nitrogens with zero attached hydrogens (tertiary/aromatic N) is 3. The number of aromatic hydroxyl groups is 1. The molecule has 0 radical (unpaired) electrons. The Hall–Kier alpha value is -4.02. The van der Waals surface area contributed by atoms with Crippen molar-refractivity contribution in [2.45, 2.75) is 6.54 Å². The second-order valence-corrected chi connectivity index (χ2v) is 8.98. The van der Waals surface area contributed by atoms with E-state index in [0.717, 1.165) is 36.1 Å². The molecule has 9 nitrogen and oxygen atoms in total. The van der Waals surface area contributed by atoms with Crippen LogP contribution in [-0.2, 0) is 11.3 Å². The lowest BCUT2D eigenvalue weighted by Gasteiger charge is -2.26. The largest absolute Gasteiger partial charge is 0.505 e. The zero-order valence-corrected chi connectivity index (χ0v) is 18.5. The van der Waals surface area contributed by atoms with E-state index in [0.29, 0.717) is 47.0 Å². The summed E-state index contributed by atoms with van der Waals surface area (Å²) in [4.78, 5) is 36.0. The van der Waals surface area contributed by atoms with Crippen LogP contribution in [0.25, 0.3) is 43.6 Å². The van der Waals surface area contributed by atoms with Crippen molar-refractivity contribution in [1.82, 2.24) is 24.8 Å². The Morgan fingerprint density at radius 3 is 2.63 bits per heavy atom. The van der Waals surface area contributed by atoms with Gasteiger partial charge in [0.25, 0.3) is 11.8 Å². The number of hydrogen-bond donors (Lipinski definition) is 3.